The molecule has 0 atom stereocenters. The second-order valence-electron chi connectivity index (χ2n) is 9.44. The molecule has 0 saturated heterocycles. The molecule has 3 rings (SSSR count). The highest BCUT2D eigenvalue weighted by molar-refractivity contribution is 5.67. The summed E-state index contributed by atoms with van der Waals surface area (Å²) in [6, 6.07) is 10.3. The summed E-state index contributed by atoms with van der Waals surface area (Å²) in [6.07, 6.45) is 8.34. The van der Waals surface area contributed by atoms with E-state index in [1.807, 2.05) is 52.8 Å². The van der Waals surface area contributed by atoms with Crippen molar-refractivity contribution in [3.05, 3.63) is 64.7 Å². The molecular weight excluding hydrogens is 500 g/mol. The minimum absolute atomic E-state index is 0.390. The Morgan fingerprint density at radius 3 is 2.00 bits per heavy atom. The van der Waals surface area contributed by atoms with Gasteiger partial charge in [0.15, 0.2) is 6.40 Å². The lowest BCUT2D eigenvalue weighted by Gasteiger charge is -2.21. The Balaban J connectivity index is 0. The topological polar surface area (TPSA) is 77.0 Å². The molecule has 1 aliphatic carbocycles. The van der Waals surface area contributed by atoms with Gasteiger partial charge in [0, 0.05) is 37.3 Å². The maximum atomic E-state index is 10.3. The number of anilines is 1. The SMILES string of the molecule is C=C(OC=NC)c1cc(C)c(CC)c(C)c1.C=O.CC.CC1CCC(C=O)CC1.CNc1ccc(C)c(OC)c1. The number of methoxy groups -OCH3 is 1. The molecule has 0 spiro atoms. The third-order valence-electron chi connectivity index (χ3n) is 6.62. The van der Waals surface area contributed by atoms with E-state index in [1.165, 1.54) is 35.9 Å². The highest BCUT2D eigenvalue weighted by atomic mass is 16.5. The average Bonchev–Trinajstić information content (AvgIpc) is 2.99. The monoisotopic (exact) mass is 554 g/mol. The van der Waals surface area contributed by atoms with Crippen molar-refractivity contribution in [2.24, 2.45) is 16.8 Å². The van der Waals surface area contributed by atoms with Gasteiger partial charge in [-0.15, -0.1) is 0 Å². The van der Waals surface area contributed by atoms with Crippen LogP contribution in [0.4, 0.5) is 5.69 Å². The molecule has 0 heterocycles. The Labute approximate surface area is 244 Å². The first kappa shape index (κ1) is 38.7. The van der Waals surface area contributed by atoms with Crippen molar-refractivity contribution in [1.29, 1.82) is 0 Å². The summed E-state index contributed by atoms with van der Waals surface area (Å²) in [6.45, 7) is 20.6. The van der Waals surface area contributed by atoms with Crippen molar-refractivity contribution in [2.75, 3.05) is 26.5 Å². The molecule has 6 nitrogen and oxygen atoms in total. The number of benzene rings is 2. The van der Waals surface area contributed by atoms with E-state index in [2.05, 4.69) is 56.7 Å². The van der Waals surface area contributed by atoms with Crippen molar-refractivity contribution in [3.63, 3.8) is 0 Å². The van der Waals surface area contributed by atoms with Crippen LogP contribution in [0.3, 0.4) is 0 Å². The Morgan fingerprint density at radius 1 is 1.02 bits per heavy atom. The fourth-order valence-electron chi connectivity index (χ4n) is 4.29. The van der Waals surface area contributed by atoms with E-state index in [0.29, 0.717) is 11.7 Å². The first-order chi connectivity index (χ1) is 19.2. The van der Waals surface area contributed by atoms with E-state index in [9.17, 15) is 4.79 Å². The third-order valence-corrected chi connectivity index (χ3v) is 6.62. The molecule has 0 amide bonds. The van der Waals surface area contributed by atoms with Crippen LogP contribution in [0.15, 0.2) is 41.9 Å². The molecule has 1 N–H and O–H groups in total. The average molecular weight is 555 g/mol. The highest BCUT2D eigenvalue weighted by Crippen LogP contribution is 2.26. The van der Waals surface area contributed by atoms with Crippen LogP contribution in [0.25, 0.3) is 5.76 Å². The number of aliphatic imine (C=N–C) groups is 1. The number of ether oxygens (including phenoxy) is 2. The molecule has 0 unspecified atom stereocenters. The van der Waals surface area contributed by atoms with Crippen LogP contribution < -0.4 is 10.1 Å². The number of nitrogens with zero attached hydrogens (tertiary/aromatic N) is 1. The zero-order valence-corrected chi connectivity index (χ0v) is 26.7. The van der Waals surface area contributed by atoms with Crippen molar-refractivity contribution in [2.45, 2.75) is 80.6 Å². The largest absolute Gasteiger partial charge is 0.496 e. The number of hydrogen-bond acceptors (Lipinski definition) is 6. The predicted molar refractivity (Wildman–Crippen MR) is 173 cm³/mol. The van der Waals surface area contributed by atoms with Gasteiger partial charge in [-0.1, -0.05) is 53.2 Å². The molecule has 0 aliphatic heterocycles. The Morgan fingerprint density at radius 2 is 1.57 bits per heavy atom. The zero-order valence-electron chi connectivity index (χ0n) is 26.7. The molecule has 6 heteroatoms. The summed E-state index contributed by atoms with van der Waals surface area (Å²) in [5.74, 6) is 2.82. The Bertz CT molecular complexity index is 986. The number of aldehydes is 1. The summed E-state index contributed by atoms with van der Waals surface area (Å²) in [5, 5.41) is 3.05. The van der Waals surface area contributed by atoms with E-state index in [0.717, 1.165) is 54.0 Å². The van der Waals surface area contributed by atoms with Crippen LogP contribution in [0, 0.1) is 32.6 Å². The van der Waals surface area contributed by atoms with Gasteiger partial charge >= 0.3 is 0 Å². The summed E-state index contributed by atoms with van der Waals surface area (Å²) in [4.78, 5) is 22.0. The lowest BCUT2D eigenvalue weighted by Crippen LogP contribution is -2.12. The first-order valence-corrected chi connectivity index (χ1v) is 14.1. The van der Waals surface area contributed by atoms with Crippen LogP contribution in [-0.4, -0.2) is 40.7 Å². The van der Waals surface area contributed by atoms with Crippen LogP contribution >= 0.6 is 0 Å². The van der Waals surface area contributed by atoms with Crippen LogP contribution in [0.5, 0.6) is 5.75 Å². The second-order valence-corrected chi connectivity index (χ2v) is 9.44. The second kappa shape index (κ2) is 23.5. The van der Waals surface area contributed by atoms with E-state index in [1.54, 1.807) is 14.2 Å². The number of rotatable bonds is 7. The van der Waals surface area contributed by atoms with Crippen molar-refractivity contribution >= 4 is 30.9 Å². The fourth-order valence-corrected chi connectivity index (χ4v) is 4.29. The number of carbonyl (C=O) groups excluding carboxylic acids is 2. The smallest absolute Gasteiger partial charge is 0.176 e. The normalized spacial score (nSPS) is 15.2. The van der Waals surface area contributed by atoms with Gasteiger partial charge in [0.05, 0.1) is 7.11 Å². The maximum absolute atomic E-state index is 10.3. The van der Waals surface area contributed by atoms with E-state index in [4.69, 9.17) is 14.3 Å². The lowest BCUT2D eigenvalue weighted by atomic mass is 9.84. The molecular formula is C34H54N2O4. The maximum Gasteiger partial charge on any atom is 0.176 e. The highest BCUT2D eigenvalue weighted by Gasteiger charge is 2.16. The standard InChI is InChI=1S/C14H19NO.C9H13NO.C8H14O.C2H6.CH2O/c1-6-14-10(2)7-13(8-11(14)3)12(4)16-9-15-5;1-7-4-5-8(10-2)6-9(7)11-3;1-7-2-4-8(6-9)5-3-7;2*1-2/h7-9H,4,6H2,1-3,5H3;4-6,10H,1-3H3;6-8H,2-5H2,1H3;1-2H3;1H2. The van der Waals surface area contributed by atoms with Crippen LogP contribution in [-0.2, 0) is 20.7 Å². The van der Waals surface area contributed by atoms with Gasteiger partial charge in [-0.3, -0.25) is 4.99 Å². The molecule has 1 fully saturated rings. The molecule has 2 aromatic carbocycles. The number of hydrogen-bond donors (Lipinski definition) is 1. The van der Waals surface area contributed by atoms with Gasteiger partial charge in [-0.2, -0.15) is 0 Å². The van der Waals surface area contributed by atoms with Crippen molar-refractivity contribution in [1.82, 2.24) is 0 Å². The number of nitrogens with one attached hydrogen (secondary N) is 1. The minimum Gasteiger partial charge on any atom is -0.496 e. The van der Waals surface area contributed by atoms with Crippen molar-refractivity contribution in [3.8, 4) is 5.75 Å². The molecule has 2 aromatic rings. The van der Waals surface area contributed by atoms with E-state index < -0.39 is 0 Å². The van der Waals surface area contributed by atoms with Crippen LogP contribution in [0.1, 0.15) is 81.2 Å². The fraction of sp³-hybridized carbons (Fsp3) is 0.500. The Hall–Kier alpha value is -3.41. The summed E-state index contributed by atoms with van der Waals surface area (Å²) < 4.78 is 10.4. The lowest BCUT2D eigenvalue weighted by molar-refractivity contribution is -0.112. The van der Waals surface area contributed by atoms with Gasteiger partial charge in [0.1, 0.15) is 24.6 Å². The molecule has 40 heavy (non-hydrogen) atoms. The van der Waals surface area contributed by atoms with E-state index in [-0.39, 0.29) is 0 Å². The molecule has 1 saturated carbocycles. The summed E-state index contributed by atoms with van der Waals surface area (Å²) in [7, 11) is 5.25. The van der Waals surface area contributed by atoms with Gasteiger partial charge in [0.25, 0.3) is 0 Å². The molecule has 0 radical (unpaired) electrons. The minimum atomic E-state index is 0.390. The summed E-state index contributed by atoms with van der Waals surface area (Å²) in [5.41, 5.74) is 7.23. The van der Waals surface area contributed by atoms with E-state index >= 15 is 0 Å². The first-order valence-electron chi connectivity index (χ1n) is 14.1. The number of aryl methyl sites for hydroxylation is 3. The third kappa shape index (κ3) is 14.7. The quantitative estimate of drug-likeness (QED) is 0.161. The van der Waals surface area contributed by atoms with Crippen LogP contribution in [0.2, 0.25) is 0 Å². The predicted octanol–water partition coefficient (Wildman–Crippen LogP) is 8.41. The van der Waals surface area contributed by atoms with Gasteiger partial charge in [-0.25, -0.2) is 0 Å². The molecule has 224 valence electrons. The van der Waals surface area contributed by atoms with Gasteiger partial charge in [-0.05, 0) is 86.4 Å². The molecule has 0 aromatic heterocycles. The Kier molecular flexibility index (Phi) is 22.7. The van der Waals surface area contributed by atoms with Gasteiger partial charge < -0.3 is 24.4 Å². The zero-order chi connectivity index (χ0) is 31.1. The number of carbonyl (C=O) groups is 2. The van der Waals surface area contributed by atoms with Gasteiger partial charge in [0.2, 0.25) is 0 Å². The molecule has 1 aliphatic rings. The van der Waals surface area contributed by atoms with Crippen molar-refractivity contribution < 1.29 is 19.1 Å². The summed E-state index contributed by atoms with van der Waals surface area (Å²) >= 11 is 0. The molecule has 0 bridgehead atoms.